The first-order chi connectivity index (χ1) is 55.2. The van der Waals surface area contributed by atoms with Crippen molar-refractivity contribution in [2.75, 3.05) is 246 Å². The van der Waals surface area contributed by atoms with Gasteiger partial charge in [0.15, 0.2) is 36.6 Å². The summed E-state index contributed by atoms with van der Waals surface area (Å²) in [5.74, 6) is 1.47. The van der Waals surface area contributed by atoms with Crippen molar-refractivity contribution in [3.63, 3.8) is 0 Å². The fourth-order valence-corrected chi connectivity index (χ4v) is 23.2. The molecule has 4 saturated heterocycles. The third-order valence-corrected chi connectivity index (χ3v) is 35.0. The van der Waals surface area contributed by atoms with Crippen molar-refractivity contribution in [3.05, 3.63) is 124 Å². The summed E-state index contributed by atoms with van der Waals surface area (Å²) >= 11 is 6.55. The molecule has 0 bridgehead atoms. The van der Waals surface area contributed by atoms with Gasteiger partial charge >= 0.3 is 33.7 Å². The number of likely N-dealkylation sites (tertiary alicyclic amines) is 4. The molecule has 0 saturated carbocycles. The molecule has 676 valence electrons. The number of piperidine rings is 1. The summed E-state index contributed by atoms with van der Waals surface area (Å²) in [5, 5.41) is 0.609. The lowest BCUT2D eigenvalue weighted by Crippen LogP contribution is -2.68. The molecular formula is C92H155ClN11O14S3+11. The standard InChI is InChI=1S/C25H35ClN3O2.C24H44N3O4S.C22H40N3O4S.C21H36N2O4S/c1-25(12-14-28(5,15-13-25)18-19-10-8-7-9-11-19)29(6)24(30)20-16-21(26)22(27(2,3)4)17-23(20)31-29;1-11-27(9)15-13-14-24(27,3)18-26(7,8)23(28)19-16-22(32(29,30)12-2)20(25(4,5)6)17-21(19)31-10;1-10-25(8)15-11-14-22(25,2)17-24(6,7)21(26)19-16-18(12-13-20(19)29-9)30(27,28)23(3,4)5;1-8-23(6)14-10-13-21(23,3)16-22(4,5)20(24)18-15-17(28(25,26)9-2)11-12-19(18)27-7/h7-11,16-17H,12-15,18H2,1-6H3;16-17H,11-15,18H2,1-10H3;12-13,16H,10-11,14-15,17H2,1-9H3;11-12,15H,8-10,13-14,16H2,1-7H3/q3*+3;+2. The first kappa shape index (κ1) is 102. The topological polar surface area (TPSA) is 208 Å². The number of likely N-dealkylation sites (N-methyl/N-ethyl adjacent to an activating group) is 6. The minimum atomic E-state index is -3.64. The Morgan fingerprint density at radius 2 is 0.843 bits per heavy atom. The van der Waals surface area contributed by atoms with E-state index in [1.807, 2.05) is 76.5 Å². The Labute approximate surface area is 733 Å². The van der Waals surface area contributed by atoms with Crippen LogP contribution >= 0.6 is 11.6 Å². The number of sulfone groups is 2. The average Bonchev–Trinajstić information content (AvgIpc) is 1.59. The highest BCUT2D eigenvalue weighted by Crippen LogP contribution is 2.49. The van der Waals surface area contributed by atoms with Crippen LogP contribution in [-0.2, 0) is 36.2 Å². The summed E-state index contributed by atoms with van der Waals surface area (Å²) < 4.78 is 97.7. The average molecular weight is 1770 g/mol. The molecular weight excluding hydrogens is 1610 g/mol. The molecule has 7 atom stereocenters. The maximum absolute atomic E-state index is 13.9. The highest BCUT2D eigenvalue weighted by atomic mass is 35.5. The molecule has 5 aromatic rings. The number of amides is 4. The van der Waals surface area contributed by atoms with Crippen molar-refractivity contribution in [1.29, 1.82) is 0 Å². The van der Waals surface area contributed by atoms with E-state index in [9.17, 15) is 44.4 Å². The fourth-order valence-electron chi connectivity index (χ4n) is 19.5. The third kappa shape index (κ3) is 20.7. The number of hydrogen-bond donors (Lipinski definition) is 0. The Kier molecular flexibility index (Phi) is 30.4. The Balaban J connectivity index is 0.000000222. The van der Waals surface area contributed by atoms with E-state index in [1.165, 1.54) is 51.2 Å². The minimum Gasteiger partial charge on any atom is -0.496 e. The summed E-state index contributed by atoms with van der Waals surface area (Å²) in [5.41, 5.74) is 4.14. The van der Waals surface area contributed by atoms with E-state index in [0.29, 0.717) is 84.6 Å². The number of carbonyl (C=O) groups is 4. The van der Waals surface area contributed by atoms with Crippen LogP contribution in [0.25, 0.3) is 0 Å². The predicted octanol–water partition coefficient (Wildman–Crippen LogP) is 12.6. The smallest absolute Gasteiger partial charge is 0.391 e. The quantitative estimate of drug-likeness (QED) is 0.0472. The zero-order valence-electron chi connectivity index (χ0n) is 80.0. The van der Waals surface area contributed by atoms with Crippen LogP contribution < -0.4 is 28.0 Å². The molecule has 29 heteroatoms. The van der Waals surface area contributed by atoms with Crippen LogP contribution in [0.4, 0.5) is 11.4 Å². The Hall–Kier alpha value is -6.32. The van der Waals surface area contributed by atoms with E-state index in [2.05, 4.69) is 128 Å². The molecule has 5 heterocycles. The van der Waals surface area contributed by atoms with Crippen molar-refractivity contribution in [2.24, 2.45) is 0 Å². The summed E-state index contributed by atoms with van der Waals surface area (Å²) in [6, 6.07) is 26.8. The number of fused-ring (bicyclic) bond motifs is 1. The van der Waals surface area contributed by atoms with Gasteiger partial charge in [0.1, 0.15) is 104 Å². The van der Waals surface area contributed by atoms with Crippen LogP contribution in [0.5, 0.6) is 23.0 Å². The lowest BCUT2D eigenvalue weighted by Gasteiger charge is -2.48. The Morgan fingerprint density at radius 1 is 0.463 bits per heavy atom. The second-order valence-corrected chi connectivity index (χ2v) is 48.8. The van der Waals surface area contributed by atoms with Gasteiger partial charge in [-0.2, -0.15) is 8.42 Å². The SMILES string of the molecule is CC1([N+]2(C)Oc3cc([N+](C)(C)C)c(Cl)cc3C2=O)CC[N+](C)(Cc2ccccc2)CC1.CC[N+]1(C)CCCC1(C)C[N+](C)(C)C(=O)c1cc(S(=O)(=O)CC)c([N+](C)(C)C)cc1OC.CC[N+]1(C)CCCC1(C)C[N+](C)(C)C(=O)c1cc(S(=O)(=O)CC)ccc1OC.CC[N+]1(C)CCCC1(C)C[N+](C)(C)C(=O)c1cc(S(=O)(=O)[N+](C)(C)C)ccc1OC. The van der Waals surface area contributed by atoms with E-state index in [1.54, 1.807) is 65.3 Å². The molecule has 5 aromatic carbocycles. The van der Waals surface area contributed by atoms with E-state index >= 15 is 0 Å². The number of hydrogen-bond acceptors (Lipinski definition) is 14. The molecule has 25 nitrogen and oxygen atoms in total. The van der Waals surface area contributed by atoms with Gasteiger partial charge in [0, 0.05) is 50.2 Å². The molecule has 0 aromatic heterocycles. The zero-order chi connectivity index (χ0) is 92.0. The van der Waals surface area contributed by atoms with E-state index in [-0.39, 0.29) is 94.0 Å². The predicted molar refractivity (Wildman–Crippen MR) is 487 cm³/mol. The minimum absolute atomic E-state index is 0.00435. The molecule has 4 amide bonds. The maximum Gasteiger partial charge on any atom is 0.391 e. The summed E-state index contributed by atoms with van der Waals surface area (Å²) in [6.45, 7) is 30.3. The highest BCUT2D eigenvalue weighted by Gasteiger charge is 2.62. The van der Waals surface area contributed by atoms with Crippen LogP contribution in [0, 0.1) is 0 Å². The van der Waals surface area contributed by atoms with Crippen LogP contribution in [0.15, 0.2) is 106 Å². The molecule has 121 heavy (non-hydrogen) atoms. The lowest BCUT2D eigenvalue weighted by molar-refractivity contribution is -1.04. The Bertz CT molecular complexity index is 5000. The van der Waals surface area contributed by atoms with Gasteiger partial charge in [-0.25, -0.2) is 39.9 Å². The molecule has 0 spiro atoms. The van der Waals surface area contributed by atoms with Crippen molar-refractivity contribution in [1.82, 2.24) is 8.97 Å². The molecule has 10 rings (SSSR count). The second kappa shape index (κ2) is 36.2. The second-order valence-electron chi connectivity index (χ2n) is 41.3. The fraction of sp³-hybridized carbons (Fsp3) is 0.630. The van der Waals surface area contributed by atoms with Gasteiger partial charge in [0.2, 0.25) is 5.75 Å². The number of rotatable bonds is 26. The number of carbonyl (C=O) groups excluding carboxylic acids is 4. The number of nitrogens with zero attached hydrogens (tertiary/aromatic N) is 11. The van der Waals surface area contributed by atoms with Gasteiger partial charge in [-0.15, -0.1) is 0 Å². The normalized spacial score (nSPS) is 26.6. The van der Waals surface area contributed by atoms with Crippen LogP contribution in [-0.4, -0.2) is 357 Å². The van der Waals surface area contributed by atoms with Crippen LogP contribution in [0.2, 0.25) is 5.02 Å². The van der Waals surface area contributed by atoms with Crippen LogP contribution in [0.3, 0.4) is 0 Å². The first-order valence-electron chi connectivity index (χ1n) is 43.0. The molecule has 0 aliphatic carbocycles. The maximum atomic E-state index is 13.9. The first-order valence-corrected chi connectivity index (χ1v) is 48.1. The van der Waals surface area contributed by atoms with Crippen molar-refractivity contribution >= 4 is 76.3 Å². The largest absolute Gasteiger partial charge is 0.496 e. The Morgan fingerprint density at radius 3 is 1.21 bits per heavy atom. The summed E-state index contributed by atoms with van der Waals surface area (Å²) in [6.07, 6.45) is 8.50. The number of quaternary nitrogens is 11. The number of methoxy groups -OCH3 is 3. The van der Waals surface area contributed by atoms with Gasteiger partial charge in [0.05, 0.1) is 243 Å². The van der Waals surface area contributed by atoms with E-state index in [4.69, 9.17) is 30.6 Å². The summed E-state index contributed by atoms with van der Waals surface area (Å²) in [4.78, 5) is 61.6. The monoisotopic (exact) mass is 1770 g/mol. The number of halogens is 1. The molecule has 0 N–H and O–H groups in total. The van der Waals surface area contributed by atoms with Crippen molar-refractivity contribution < 1.29 is 103 Å². The molecule has 4 fully saturated rings. The van der Waals surface area contributed by atoms with Gasteiger partial charge in [-0.05, 0) is 97.0 Å². The molecule has 5 aliphatic rings. The van der Waals surface area contributed by atoms with Crippen LogP contribution in [0.1, 0.15) is 161 Å². The summed E-state index contributed by atoms with van der Waals surface area (Å²) in [7, 11) is 33.2. The number of sulfonamides is 1. The third-order valence-electron chi connectivity index (χ3n) is 29.0. The van der Waals surface area contributed by atoms with E-state index < -0.39 is 29.7 Å². The molecule has 5 aliphatic heterocycles. The number of ether oxygens (including phenoxy) is 3. The van der Waals surface area contributed by atoms with Crippen molar-refractivity contribution in [3.8, 4) is 23.0 Å². The lowest BCUT2D eigenvalue weighted by atomic mass is 9.85. The zero-order valence-corrected chi connectivity index (χ0v) is 83.2. The molecule has 0 radical (unpaired) electrons. The van der Waals surface area contributed by atoms with E-state index in [0.717, 1.165) is 134 Å². The van der Waals surface area contributed by atoms with Gasteiger partial charge in [-0.3, -0.25) is 22.4 Å². The van der Waals surface area contributed by atoms with Crippen molar-refractivity contribution in [2.45, 2.75) is 157 Å². The number of hydroxylamine groups is 3. The van der Waals surface area contributed by atoms with Gasteiger partial charge in [-0.1, -0.05) is 60.4 Å². The highest BCUT2D eigenvalue weighted by molar-refractivity contribution is 7.91. The number of benzene rings is 5. The molecule has 7 unspecified atom stereocenters. The van der Waals surface area contributed by atoms with Gasteiger partial charge < -0.3 is 37.0 Å². The van der Waals surface area contributed by atoms with Gasteiger partial charge in [0.25, 0.3) is 0 Å².